The molecular weight excluding hydrogens is 484 g/mol. The molecule has 38 heavy (non-hydrogen) atoms. The number of aromatic nitrogens is 3. The number of anilines is 1. The first-order chi connectivity index (χ1) is 18.5. The highest BCUT2D eigenvalue weighted by Gasteiger charge is 2.27. The van der Waals surface area contributed by atoms with E-state index in [-0.39, 0.29) is 17.7 Å². The summed E-state index contributed by atoms with van der Waals surface area (Å²) in [4.78, 5) is 30.8. The molecule has 0 radical (unpaired) electrons. The lowest BCUT2D eigenvalue weighted by Gasteiger charge is -2.35. The number of carbonyl (C=O) groups excluding carboxylic acids is 1. The number of fused-ring (bicyclic) bond motifs is 1. The summed E-state index contributed by atoms with van der Waals surface area (Å²) in [6, 6.07) is 21.4. The Hall–Kier alpha value is -4.72. The summed E-state index contributed by atoms with van der Waals surface area (Å²) in [6.45, 7) is 1.80. The van der Waals surface area contributed by atoms with Crippen molar-refractivity contribution in [1.82, 2.24) is 19.9 Å². The second kappa shape index (κ2) is 9.97. The molecule has 6 nitrogen and oxygen atoms in total. The molecule has 3 heterocycles. The van der Waals surface area contributed by atoms with Gasteiger partial charge in [0.25, 0.3) is 0 Å². The minimum absolute atomic E-state index is 0.0675. The first-order valence-corrected chi connectivity index (χ1v) is 12.3. The lowest BCUT2D eigenvalue weighted by molar-refractivity contribution is 0.192. The van der Waals surface area contributed by atoms with E-state index in [9.17, 15) is 13.6 Å². The van der Waals surface area contributed by atoms with Crippen LogP contribution in [0.5, 0.6) is 0 Å². The lowest BCUT2D eigenvalue weighted by Crippen LogP contribution is -2.49. The summed E-state index contributed by atoms with van der Waals surface area (Å²) >= 11 is 0. The summed E-state index contributed by atoms with van der Waals surface area (Å²) in [7, 11) is 0. The highest BCUT2D eigenvalue weighted by Crippen LogP contribution is 2.33. The molecule has 0 N–H and O–H groups in total. The number of hydrogen-bond acceptors (Lipinski definition) is 4. The summed E-state index contributed by atoms with van der Waals surface area (Å²) in [6.07, 6.45) is 4.29. The number of benzene rings is 3. The van der Waals surface area contributed by atoms with Gasteiger partial charge in [0.05, 0.1) is 22.4 Å². The van der Waals surface area contributed by atoms with E-state index in [1.54, 1.807) is 41.6 Å². The van der Waals surface area contributed by atoms with Crippen LogP contribution in [0.25, 0.3) is 33.5 Å². The van der Waals surface area contributed by atoms with Crippen LogP contribution < -0.4 is 4.90 Å². The first-order valence-electron chi connectivity index (χ1n) is 12.3. The summed E-state index contributed by atoms with van der Waals surface area (Å²) < 4.78 is 27.3. The average Bonchev–Trinajstić information content (AvgIpc) is 2.95. The molecule has 2 amide bonds. The minimum atomic E-state index is -0.354. The smallest absolute Gasteiger partial charge is 0.320 e. The Morgan fingerprint density at radius 1 is 0.711 bits per heavy atom. The van der Waals surface area contributed by atoms with Crippen LogP contribution in [0, 0.1) is 11.6 Å². The van der Waals surface area contributed by atoms with Crippen molar-refractivity contribution < 1.29 is 13.6 Å². The number of halogens is 2. The molecule has 1 aliphatic heterocycles. The number of urea groups is 1. The zero-order chi connectivity index (χ0) is 26.1. The van der Waals surface area contributed by atoms with Gasteiger partial charge >= 0.3 is 6.03 Å². The molecule has 0 spiro atoms. The predicted molar refractivity (Wildman–Crippen MR) is 142 cm³/mol. The maximum atomic E-state index is 13.7. The molecule has 188 valence electrons. The highest BCUT2D eigenvalue weighted by atomic mass is 19.1. The van der Waals surface area contributed by atoms with Crippen LogP contribution in [0.3, 0.4) is 0 Å². The second-order valence-electron chi connectivity index (χ2n) is 9.17. The topological polar surface area (TPSA) is 62.2 Å². The van der Waals surface area contributed by atoms with E-state index in [0.717, 1.165) is 17.7 Å². The largest absolute Gasteiger partial charge is 0.324 e. The van der Waals surface area contributed by atoms with E-state index in [0.29, 0.717) is 53.2 Å². The van der Waals surface area contributed by atoms with Crippen LogP contribution in [-0.2, 0) is 6.54 Å². The van der Waals surface area contributed by atoms with E-state index < -0.39 is 0 Å². The molecule has 0 atom stereocenters. The van der Waals surface area contributed by atoms with Crippen LogP contribution in [0.1, 0.15) is 12.0 Å². The van der Waals surface area contributed by atoms with Gasteiger partial charge in [-0.25, -0.2) is 23.5 Å². The Labute approximate surface area is 218 Å². The van der Waals surface area contributed by atoms with Crippen LogP contribution in [0.4, 0.5) is 19.3 Å². The van der Waals surface area contributed by atoms with E-state index in [4.69, 9.17) is 9.97 Å². The van der Waals surface area contributed by atoms with Gasteiger partial charge in [-0.1, -0.05) is 0 Å². The van der Waals surface area contributed by atoms with Gasteiger partial charge in [0.15, 0.2) is 0 Å². The molecule has 0 unspecified atom stereocenters. The second-order valence-corrected chi connectivity index (χ2v) is 9.17. The molecule has 2 aromatic heterocycles. The Balaban J connectivity index is 1.39. The van der Waals surface area contributed by atoms with Crippen molar-refractivity contribution in [1.29, 1.82) is 0 Å². The van der Waals surface area contributed by atoms with Crippen LogP contribution in [-0.4, -0.2) is 39.0 Å². The molecule has 1 saturated heterocycles. The number of amides is 2. The van der Waals surface area contributed by atoms with Crippen molar-refractivity contribution in [2.75, 3.05) is 18.0 Å². The van der Waals surface area contributed by atoms with Crippen molar-refractivity contribution in [2.45, 2.75) is 13.0 Å². The van der Waals surface area contributed by atoms with Crippen molar-refractivity contribution in [2.24, 2.45) is 0 Å². The van der Waals surface area contributed by atoms with E-state index in [2.05, 4.69) is 4.98 Å². The Kier molecular flexibility index (Phi) is 6.21. The molecule has 8 heteroatoms. The fourth-order valence-corrected chi connectivity index (χ4v) is 4.71. The minimum Gasteiger partial charge on any atom is -0.320 e. The lowest BCUT2D eigenvalue weighted by atomic mass is 10.0. The fourth-order valence-electron chi connectivity index (χ4n) is 4.71. The maximum Gasteiger partial charge on any atom is 0.324 e. The van der Waals surface area contributed by atoms with E-state index >= 15 is 0 Å². The number of rotatable bonds is 5. The molecule has 1 fully saturated rings. The summed E-state index contributed by atoms with van der Waals surface area (Å²) in [5.41, 5.74) is 5.49. The van der Waals surface area contributed by atoms with Crippen molar-refractivity contribution in [3.8, 4) is 22.5 Å². The average molecular weight is 508 g/mol. The van der Waals surface area contributed by atoms with Crippen molar-refractivity contribution in [3.05, 3.63) is 108 Å². The van der Waals surface area contributed by atoms with Crippen LogP contribution in [0.2, 0.25) is 0 Å². The molecule has 1 aliphatic rings. The quantitative estimate of drug-likeness (QED) is 0.274. The van der Waals surface area contributed by atoms with Crippen molar-refractivity contribution >= 4 is 22.8 Å². The van der Waals surface area contributed by atoms with Gasteiger partial charge in [0.2, 0.25) is 0 Å². The third kappa shape index (κ3) is 4.68. The SMILES string of the molecule is O=C1N(Cc2ccncc2)CCCN1c1ccc2nc(-c3ccc(F)cc3)c(-c3ccc(F)cc3)nc2c1. The fraction of sp³-hybridized carbons (Fsp3) is 0.133. The monoisotopic (exact) mass is 507 g/mol. The van der Waals surface area contributed by atoms with Gasteiger partial charge in [-0.15, -0.1) is 0 Å². The van der Waals surface area contributed by atoms with E-state index in [1.807, 2.05) is 35.2 Å². The Bertz CT molecular complexity index is 1610. The molecule has 3 aromatic carbocycles. The number of carbonyl (C=O) groups is 1. The number of pyridine rings is 1. The molecule has 6 rings (SSSR count). The third-order valence-electron chi connectivity index (χ3n) is 6.63. The highest BCUT2D eigenvalue weighted by molar-refractivity contribution is 5.95. The Morgan fingerprint density at radius 3 is 1.95 bits per heavy atom. The summed E-state index contributed by atoms with van der Waals surface area (Å²) in [5, 5.41) is 0. The molecule has 0 bridgehead atoms. The van der Waals surface area contributed by atoms with Crippen molar-refractivity contribution in [3.63, 3.8) is 0 Å². The van der Waals surface area contributed by atoms with Crippen LogP contribution >= 0.6 is 0 Å². The molecule has 0 saturated carbocycles. The Morgan fingerprint density at radius 2 is 1.32 bits per heavy atom. The molecule has 0 aliphatic carbocycles. The first kappa shape index (κ1) is 23.7. The summed E-state index contributed by atoms with van der Waals surface area (Å²) in [5.74, 6) is -0.701. The normalized spacial score (nSPS) is 13.8. The zero-order valence-corrected chi connectivity index (χ0v) is 20.4. The number of nitrogens with zero attached hydrogens (tertiary/aromatic N) is 5. The van der Waals surface area contributed by atoms with E-state index in [1.165, 1.54) is 24.3 Å². The van der Waals surface area contributed by atoms with Gasteiger partial charge < -0.3 is 4.90 Å². The molecule has 5 aromatic rings. The molecular formula is C30H23F2N5O. The van der Waals surface area contributed by atoms with Gasteiger partial charge in [-0.05, 0) is 90.8 Å². The van der Waals surface area contributed by atoms with Gasteiger partial charge in [-0.2, -0.15) is 0 Å². The predicted octanol–water partition coefficient (Wildman–Crippen LogP) is 6.47. The number of hydrogen-bond donors (Lipinski definition) is 0. The van der Waals surface area contributed by atoms with Gasteiger partial charge in [0, 0.05) is 48.8 Å². The standard InChI is InChI=1S/C30H23F2N5O/c31-23-6-2-21(3-7-23)28-29(22-4-8-24(32)9-5-22)35-27-18-25(10-11-26(27)34-28)37-17-1-16-36(30(37)38)19-20-12-14-33-15-13-20/h2-15,18H,1,16-17,19H2. The van der Waals surface area contributed by atoms with Crippen LogP contribution in [0.15, 0.2) is 91.3 Å². The zero-order valence-electron chi connectivity index (χ0n) is 20.4. The third-order valence-corrected chi connectivity index (χ3v) is 6.63. The van der Waals surface area contributed by atoms with Gasteiger partial charge in [-0.3, -0.25) is 9.88 Å². The van der Waals surface area contributed by atoms with Gasteiger partial charge in [0.1, 0.15) is 11.6 Å². The maximum absolute atomic E-state index is 13.7.